The monoisotopic (exact) mass is 748 g/mol. The van der Waals surface area contributed by atoms with Crippen LogP contribution in [0.5, 0.6) is 0 Å². The van der Waals surface area contributed by atoms with Gasteiger partial charge >= 0.3 is 0 Å². The summed E-state index contributed by atoms with van der Waals surface area (Å²) in [4.78, 5) is 0. The molecular formula is C40H54Br2N4. The van der Waals surface area contributed by atoms with E-state index in [2.05, 4.69) is 143 Å². The van der Waals surface area contributed by atoms with Gasteiger partial charge in [-0.15, -0.1) is 34.0 Å². The van der Waals surface area contributed by atoms with Crippen molar-refractivity contribution >= 4 is 34.0 Å². The molecule has 4 N–H and O–H groups in total. The maximum absolute atomic E-state index is 3.76. The first-order chi connectivity index (χ1) is 21.8. The van der Waals surface area contributed by atoms with Crippen molar-refractivity contribution in [3.8, 4) is 0 Å². The van der Waals surface area contributed by atoms with Gasteiger partial charge in [0.15, 0.2) is 0 Å². The summed E-state index contributed by atoms with van der Waals surface area (Å²) in [5.41, 5.74) is 5.48. The lowest BCUT2D eigenvalue weighted by molar-refractivity contribution is 0.281. The normalized spacial score (nSPS) is 20.7. The maximum Gasteiger partial charge on any atom is 0.0224 e. The zero-order valence-electron chi connectivity index (χ0n) is 27.2. The van der Waals surface area contributed by atoms with Gasteiger partial charge in [-0.2, -0.15) is 0 Å². The summed E-state index contributed by atoms with van der Waals surface area (Å²) < 4.78 is 0. The number of hydrogen-bond acceptors (Lipinski definition) is 4. The molecule has 0 aliphatic heterocycles. The number of hydrogen-bond donors (Lipinski definition) is 4. The molecule has 0 bridgehead atoms. The lowest BCUT2D eigenvalue weighted by Crippen LogP contribution is -2.49. The van der Waals surface area contributed by atoms with Crippen molar-refractivity contribution in [2.24, 2.45) is 0 Å². The van der Waals surface area contributed by atoms with Crippen molar-refractivity contribution in [1.29, 1.82) is 0 Å². The van der Waals surface area contributed by atoms with Gasteiger partial charge in [-0.1, -0.05) is 147 Å². The molecule has 0 spiro atoms. The third kappa shape index (κ3) is 13.4. The Morgan fingerprint density at radius 2 is 0.522 bits per heavy atom. The highest BCUT2D eigenvalue weighted by molar-refractivity contribution is 8.93. The van der Waals surface area contributed by atoms with Crippen LogP contribution in [-0.4, -0.2) is 24.2 Å². The van der Waals surface area contributed by atoms with Crippen molar-refractivity contribution in [3.05, 3.63) is 144 Å². The van der Waals surface area contributed by atoms with Gasteiger partial charge in [0, 0.05) is 50.3 Å². The van der Waals surface area contributed by atoms with Crippen LogP contribution in [0.15, 0.2) is 121 Å². The molecule has 46 heavy (non-hydrogen) atoms. The van der Waals surface area contributed by atoms with Crippen LogP contribution in [0.2, 0.25) is 0 Å². The Balaban J connectivity index is 0.000000240. The molecule has 0 saturated heterocycles. The van der Waals surface area contributed by atoms with Crippen molar-refractivity contribution in [2.75, 3.05) is 0 Å². The fourth-order valence-electron chi connectivity index (χ4n) is 6.62. The Labute approximate surface area is 299 Å². The smallest absolute Gasteiger partial charge is 0.0224 e. The van der Waals surface area contributed by atoms with Gasteiger partial charge in [0.1, 0.15) is 0 Å². The fourth-order valence-corrected chi connectivity index (χ4v) is 6.62. The van der Waals surface area contributed by atoms with E-state index >= 15 is 0 Å². The lowest BCUT2D eigenvalue weighted by Gasteiger charge is -2.33. The van der Waals surface area contributed by atoms with Gasteiger partial charge in [0.2, 0.25) is 0 Å². The second kappa shape index (κ2) is 22.3. The number of nitrogens with one attached hydrogen (secondary N) is 4. The lowest BCUT2D eigenvalue weighted by atomic mass is 9.90. The van der Waals surface area contributed by atoms with Crippen molar-refractivity contribution < 1.29 is 0 Å². The molecule has 4 aromatic carbocycles. The molecule has 0 heterocycles. The van der Waals surface area contributed by atoms with Crippen LogP contribution in [0.25, 0.3) is 0 Å². The summed E-state index contributed by atoms with van der Waals surface area (Å²) in [6.45, 7) is 3.87. The number of halogens is 2. The predicted octanol–water partition coefficient (Wildman–Crippen LogP) is 8.91. The number of rotatable bonds is 12. The van der Waals surface area contributed by atoms with Crippen molar-refractivity contribution in [3.63, 3.8) is 0 Å². The standard InChI is InChI=1S/2C20H26N2.2BrH/c2*1-3-9-17(10-4-1)15-21-19-13-7-8-14-20(19)22-16-18-11-5-2-6-12-18;;/h2*1-6,9-12,19-22H,7-8,13-16H2;2*1H. The van der Waals surface area contributed by atoms with Crippen LogP contribution in [0.4, 0.5) is 0 Å². The predicted molar refractivity (Wildman–Crippen MR) is 206 cm³/mol. The summed E-state index contributed by atoms with van der Waals surface area (Å²) in [7, 11) is 0. The molecule has 4 aromatic rings. The SMILES string of the molecule is Br.Br.c1ccc(CNC2CCCCC2NCc2ccccc2)cc1.c1ccc(CNC2CCCCC2NCc2ccccc2)cc1. The Bertz CT molecular complexity index is 1090. The molecule has 4 unspecified atom stereocenters. The van der Waals surface area contributed by atoms with E-state index in [9.17, 15) is 0 Å². The maximum atomic E-state index is 3.76. The van der Waals surface area contributed by atoms with Crippen molar-refractivity contribution in [1.82, 2.24) is 21.3 Å². The van der Waals surface area contributed by atoms with Crippen LogP contribution in [0.3, 0.4) is 0 Å². The van der Waals surface area contributed by atoms with Crippen LogP contribution >= 0.6 is 34.0 Å². The minimum Gasteiger partial charge on any atom is -0.308 e. The summed E-state index contributed by atoms with van der Waals surface area (Å²) in [6, 6.07) is 45.1. The quantitative estimate of drug-likeness (QED) is 0.117. The van der Waals surface area contributed by atoms with Gasteiger partial charge < -0.3 is 21.3 Å². The molecule has 248 valence electrons. The summed E-state index contributed by atoms with van der Waals surface area (Å²) in [5.74, 6) is 0. The van der Waals surface area contributed by atoms with E-state index in [-0.39, 0.29) is 34.0 Å². The Kier molecular flexibility index (Phi) is 18.5. The van der Waals surface area contributed by atoms with E-state index in [0.29, 0.717) is 24.2 Å². The largest absolute Gasteiger partial charge is 0.308 e. The van der Waals surface area contributed by atoms with Crippen molar-refractivity contribution in [2.45, 2.75) is 102 Å². The second-order valence-corrected chi connectivity index (χ2v) is 12.5. The Morgan fingerprint density at radius 3 is 0.717 bits per heavy atom. The molecule has 6 rings (SSSR count). The van der Waals surface area contributed by atoms with Crippen LogP contribution in [0, 0.1) is 0 Å². The van der Waals surface area contributed by atoms with Gasteiger partial charge in [-0.25, -0.2) is 0 Å². The van der Waals surface area contributed by atoms with Gasteiger partial charge in [0.25, 0.3) is 0 Å². The van der Waals surface area contributed by atoms with Gasteiger partial charge in [-0.05, 0) is 47.9 Å². The summed E-state index contributed by atoms with van der Waals surface area (Å²) in [6.07, 6.45) is 10.5. The fraction of sp³-hybridized carbons (Fsp3) is 0.400. The Hall–Kier alpha value is -2.32. The van der Waals surface area contributed by atoms with E-state index in [1.807, 2.05) is 0 Å². The van der Waals surface area contributed by atoms with E-state index in [1.54, 1.807) is 0 Å². The highest BCUT2D eigenvalue weighted by Gasteiger charge is 2.25. The molecule has 0 amide bonds. The zero-order chi connectivity index (χ0) is 30.1. The highest BCUT2D eigenvalue weighted by Crippen LogP contribution is 2.21. The first-order valence-electron chi connectivity index (χ1n) is 16.9. The minimum atomic E-state index is 0. The van der Waals surface area contributed by atoms with E-state index in [1.165, 1.54) is 73.6 Å². The molecule has 2 aliphatic rings. The van der Waals surface area contributed by atoms with Crippen LogP contribution in [-0.2, 0) is 26.2 Å². The summed E-state index contributed by atoms with van der Waals surface area (Å²) >= 11 is 0. The minimum absolute atomic E-state index is 0. The molecule has 0 radical (unpaired) electrons. The molecule has 0 aromatic heterocycles. The van der Waals surface area contributed by atoms with Crippen LogP contribution in [0.1, 0.15) is 73.6 Å². The Morgan fingerprint density at radius 1 is 0.326 bits per heavy atom. The molecule has 4 nitrogen and oxygen atoms in total. The topological polar surface area (TPSA) is 48.1 Å². The van der Waals surface area contributed by atoms with E-state index in [4.69, 9.17) is 0 Å². The molecule has 2 saturated carbocycles. The third-order valence-electron chi connectivity index (χ3n) is 9.18. The molecular weight excluding hydrogens is 696 g/mol. The summed E-state index contributed by atoms with van der Waals surface area (Å²) in [5, 5.41) is 15.0. The molecule has 2 aliphatic carbocycles. The first kappa shape index (κ1) is 38.1. The van der Waals surface area contributed by atoms with Gasteiger partial charge in [-0.3, -0.25) is 0 Å². The average Bonchev–Trinajstić information content (AvgIpc) is 3.11. The third-order valence-corrected chi connectivity index (χ3v) is 9.18. The zero-order valence-corrected chi connectivity index (χ0v) is 30.6. The van der Waals surface area contributed by atoms with E-state index in [0.717, 1.165) is 26.2 Å². The molecule has 2 fully saturated rings. The first-order valence-corrected chi connectivity index (χ1v) is 16.9. The second-order valence-electron chi connectivity index (χ2n) is 12.5. The van der Waals surface area contributed by atoms with Gasteiger partial charge in [0.05, 0.1) is 0 Å². The molecule has 4 atom stereocenters. The van der Waals surface area contributed by atoms with Crippen LogP contribution < -0.4 is 21.3 Å². The van der Waals surface area contributed by atoms with E-state index < -0.39 is 0 Å². The highest BCUT2D eigenvalue weighted by atomic mass is 79.9. The number of benzene rings is 4. The molecule has 6 heteroatoms. The average molecular weight is 751 g/mol.